The molecule has 1 aromatic heterocycles. The van der Waals surface area contributed by atoms with Crippen molar-refractivity contribution in [2.24, 2.45) is 0 Å². The van der Waals surface area contributed by atoms with Crippen LogP contribution in [0.5, 0.6) is 0 Å². The van der Waals surface area contributed by atoms with Gasteiger partial charge in [0, 0.05) is 32.7 Å². The van der Waals surface area contributed by atoms with Crippen LogP contribution in [0.15, 0.2) is 47.4 Å². The Bertz CT molecular complexity index is 1350. The van der Waals surface area contributed by atoms with Crippen molar-refractivity contribution in [1.29, 1.82) is 0 Å². The van der Waals surface area contributed by atoms with Crippen molar-refractivity contribution in [2.75, 3.05) is 50.8 Å². The van der Waals surface area contributed by atoms with Gasteiger partial charge < -0.3 is 4.74 Å². The predicted octanol–water partition coefficient (Wildman–Crippen LogP) is 3.82. The minimum Gasteiger partial charge on any atom is -0.379 e. The van der Waals surface area contributed by atoms with Gasteiger partial charge in [-0.1, -0.05) is 35.1 Å². The number of sulfonamides is 1. The van der Waals surface area contributed by atoms with Crippen molar-refractivity contribution in [2.45, 2.75) is 44.0 Å². The summed E-state index contributed by atoms with van der Waals surface area (Å²) in [4.78, 5) is 23.2. The fourth-order valence-corrected chi connectivity index (χ4v) is 7.76. The number of carbonyl (C=O) groups excluding carboxylic acids is 1. The van der Waals surface area contributed by atoms with Crippen LogP contribution < -0.4 is 4.90 Å². The van der Waals surface area contributed by atoms with Crippen LogP contribution in [0.1, 0.15) is 30.4 Å². The summed E-state index contributed by atoms with van der Waals surface area (Å²) in [5, 5.41) is 0.632. The van der Waals surface area contributed by atoms with Crippen molar-refractivity contribution in [1.82, 2.24) is 14.2 Å². The molecule has 0 radical (unpaired) electrons. The van der Waals surface area contributed by atoms with E-state index in [0.29, 0.717) is 31.1 Å². The molecule has 2 aromatic carbocycles. The SMILES string of the molecule is Cc1ccc(S(=O)(=O)N2CCCC2C(=O)N(CCCN2CCOCC2)c2nc3ccc(C)cc3s2)cc1. The lowest BCUT2D eigenvalue weighted by Crippen LogP contribution is -2.48. The molecule has 37 heavy (non-hydrogen) atoms. The fourth-order valence-electron chi connectivity index (χ4n) is 5.01. The number of aromatic nitrogens is 1. The standard InChI is InChI=1S/C27H34N4O4S2/c1-20-6-9-22(10-7-20)37(33,34)31-14-3-5-24(31)26(32)30(13-4-12-29-15-17-35-18-16-29)27-28-23-11-8-21(2)19-25(23)36-27/h6-11,19,24H,3-5,12-18H2,1-2H3. The molecule has 0 N–H and O–H groups in total. The van der Waals surface area contributed by atoms with E-state index in [1.54, 1.807) is 29.2 Å². The zero-order valence-corrected chi connectivity index (χ0v) is 23.1. The maximum absolute atomic E-state index is 14.1. The molecule has 0 bridgehead atoms. The molecule has 8 nitrogen and oxygen atoms in total. The van der Waals surface area contributed by atoms with Crippen LogP contribution >= 0.6 is 11.3 Å². The van der Waals surface area contributed by atoms with Gasteiger partial charge in [0.25, 0.3) is 0 Å². The van der Waals surface area contributed by atoms with E-state index in [9.17, 15) is 13.2 Å². The second kappa shape index (κ2) is 11.2. The number of anilines is 1. The van der Waals surface area contributed by atoms with Gasteiger partial charge in [-0.25, -0.2) is 13.4 Å². The highest BCUT2D eigenvalue weighted by Gasteiger charge is 2.42. The number of nitrogens with zero attached hydrogens (tertiary/aromatic N) is 4. The van der Waals surface area contributed by atoms with E-state index in [1.165, 1.54) is 15.6 Å². The summed E-state index contributed by atoms with van der Waals surface area (Å²) in [5.41, 5.74) is 2.98. The van der Waals surface area contributed by atoms with Crippen LogP contribution in [0.4, 0.5) is 5.13 Å². The maximum atomic E-state index is 14.1. The quantitative estimate of drug-likeness (QED) is 0.430. The molecule has 1 amide bonds. The number of carbonyl (C=O) groups is 1. The second-order valence-corrected chi connectivity index (χ2v) is 12.8. The van der Waals surface area contributed by atoms with E-state index in [1.807, 2.05) is 26.0 Å². The average molecular weight is 543 g/mol. The topological polar surface area (TPSA) is 83.1 Å². The number of ether oxygens (including phenoxy) is 1. The van der Waals surface area contributed by atoms with Crippen molar-refractivity contribution in [3.63, 3.8) is 0 Å². The third-order valence-corrected chi connectivity index (χ3v) is 10.1. The Hall–Kier alpha value is -2.37. The molecule has 0 aliphatic carbocycles. The third kappa shape index (κ3) is 5.73. The maximum Gasteiger partial charge on any atom is 0.247 e. The van der Waals surface area contributed by atoms with Crippen molar-refractivity contribution in [3.8, 4) is 0 Å². The lowest BCUT2D eigenvalue weighted by atomic mass is 10.2. The molecule has 3 heterocycles. The van der Waals surface area contributed by atoms with Gasteiger partial charge in [-0.2, -0.15) is 4.31 Å². The highest BCUT2D eigenvalue weighted by molar-refractivity contribution is 7.89. The number of amides is 1. The fraction of sp³-hybridized carbons (Fsp3) is 0.481. The third-order valence-electron chi connectivity index (χ3n) is 7.11. The first-order valence-electron chi connectivity index (χ1n) is 12.9. The van der Waals surface area contributed by atoms with Crippen molar-refractivity contribution >= 4 is 42.6 Å². The smallest absolute Gasteiger partial charge is 0.247 e. The minimum absolute atomic E-state index is 0.189. The Morgan fingerprint density at radius 1 is 1.08 bits per heavy atom. The molecular weight excluding hydrogens is 508 g/mol. The Kier molecular flexibility index (Phi) is 7.92. The van der Waals surface area contributed by atoms with Gasteiger partial charge in [-0.3, -0.25) is 14.6 Å². The number of thiazole rings is 1. The lowest BCUT2D eigenvalue weighted by molar-refractivity contribution is -0.121. The van der Waals surface area contributed by atoms with Crippen LogP contribution in [-0.2, 0) is 19.6 Å². The first-order valence-corrected chi connectivity index (χ1v) is 15.2. The van der Waals surface area contributed by atoms with Gasteiger partial charge in [0.15, 0.2) is 5.13 Å². The number of benzene rings is 2. The van der Waals surface area contributed by atoms with Gasteiger partial charge >= 0.3 is 0 Å². The average Bonchev–Trinajstić information content (AvgIpc) is 3.55. The Morgan fingerprint density at radius 3 is 2.57 bits per heavy atom. The number of fused-ring (bicyclic) bond motifs is 1. The second-order valence-electron chi connectivity index (χ2n) is 9.85. The number of morpholine rings is 1. The first kappa shape index (κ1) is 26.2. The molecule has 2 saturated heterocycles. The summed E-state index contributed by atoms with van der Waals surface area (Å²) in [6.07, 6.45) is 1.94. The molecule has 2 aliphatic heterocycles. The van der Waals surface area contributed by atoms with Crippen LogP contribution in [0.3, 0.4) is 0 Å². The zero-order valence-electron chi connectivity index (χ0n) is 21.4. The van der Waals surface area contributed by atoms with Gasteiger partial charge in [0.05, 0.1) is 28.3 Å². The Labute approximate surface area is 222 Å². The summed E-state index contributed by atoms with van der Waals surface area (Å²) in [6.45, 7) is 8.88. The molecule has 0 saturated carbocycles. The van der Waals surface area contributed by atoms with Crippen molar-refractivity contribution in [3.05, 3.63) is 53.6 Å². The minimum atomic E-state index is -3.79. The summed E-state index contributed by atoms with van der Waals surface area (Å²) in [7, 11) is -3.79. The van der Waals surface area contributed by atoms with Crippen LogP contribution in [0, 0.1) is 13.8 Å². The summed E-state index contributed by atoms with van der Waals surface area (Å²) < 4.78 is 35.0. The number of aryl methyl sites for hydroxylation is 2. The van der Waals surface area contributed by atoms with Gasteiger partial charge in [0.1, 0.15) is 6.04 Å². The molecule has 1 unspecified atom stereocenters. The van der Waals surface area contributed by atoms with E-state index in [4.69, 9.17) is 9.72 Å². The van der Waals surface area contributed by atoms with Crippen LogP contribution in [-0.4, -0.2) is 80.5 Å². The normalized spacial score (nSPS) is 19.5. The molecule has 10 heteroatoms. The van der Waals surface area contributed by atoms with E-state index in [0.717, 1.165) is 60.6 Å². The molecule has 2 aliphatic rings. The number of rotatable bonds is 8. The number of hydrogen-bond donors (Lipinski definition) is 0. The van der Waals surface area contributed by atoms with Gasteiger partial charge in [-0.15, -0.1) is 0 Å². The Balaban J connectivity index is 1.41. The zero-order chi connectivity index (χ0) is 26.0. The van der Waals surface area contributed by atoms with E-state index >= 15 is 0 Å². The molecule has 1 atom stereocenters. The highest BCUT2D eigenvalue weighted by Crippen LogP contribution is 2.33. The highest BCUT2D eigenvalue weighted by atomic mass is 32.2. The number of hydrogen-bond acceptors (Lipinski definition) is 7. The largest absolute Gasteiger partial charge is 0.379 e. The molecule has 3 aromatic rings. The summed E-state index contributed by atoms with van der Waals surface area (Å²) in [5.74, 6) is -0.189. The molecule has 0 spiro atoms. The van der Waals surface area contributed by atoms with Gasteiger partial charge in [-0.05, 0) is 62.9 Å². The van der Waals surface area contributed by atoms with E-state index in [-0.39, 0.29) is 10.8 Å². The molecule has 5 rings (SSSR count). The van der Waals surface area contributed by atoms with Crippen LogP contribution in [0.25, 0.3) is 10.2 Å². The molecular formula is C27H34N4O4S2. The molecule has 198 valence electrons. The Morgan fingerprint density at radius 2 is 1.81 bits per heavy atom. The van der Waals surface area contributed by atoms with Gasteiger partial charge in [0.2, 0.25) is 15.9 Å². The molecule has 2 fully saturated rings. The van der Waals surface area contributed by atoms with E-state index < -0.39 is 16.1 Å². The summed E-state index contributed by atoms with van der Waals surface area (Å²) >= 11 is 1.49. The van der Waals surface area contributed by atoms with E-state index in [2.05, 4.69) is 11.0 Å². The first-order chi connectivity index (χ1) is 17.8. The summed E-state index contributed by atoms with van der Waals surface area (Å²) in [6, 6.07) is 12.2. The van der Waals surface area contributed by atoms with Crippen LogP contribution in [0.2, 0.25) is 0 Å². The monoisotopic (exact) mass is 542 g/mol. The predicted molar refractivity (Wildman–Crippen MR) is 147 cm³/mol. The lowest BCUT2D eigenvalue weighted by Gasteiger charge is -2.30. The van der Waals surface area contributed by atoms with Crippen molar-refractivity contribution < 1.29 is 17.9 Å².